The van der Waals surface area contributed by atoms with Crippen LogP contribution in [0.5, 0.6) is 0 Å². The van der Waals surface area contributed by atoms with E-state index in [1.54, 1.807) is 6.92 Å². The van der Waals surface area contributed by atoms with Crippen molar-refractivity contribution in [3.05, 3.63) is 12.2 Å². The van der Waals surface area contributed by atoms with Gasteiger partial charge in [-0.15, -0.1) is 0 Å². The lowest BCUT2D eigenvalue weighted by atomic mass is 10.3. The molecule has 3 nitrogen and oxygen atoms in total. The Balaban J connectivity index is 3.16. The molecule has 0 aromatic carbocycles. The molecule has 0 atom stereocenters. The van der Waals surface area contributed by atoms with Crippen LogP contribution < -0.4 is 0 Å². The van der Waals surface area contributed by atoms with E-state index in [0.29, 0.717) is 12.2 Å². The van der Waals surface area contributed by atoms with Crippen LogP contribution in [-0.2, 0) is 13.6 Å². The highest BCUT2D eigenvalue weighted by Crippen LogP contribution is 1.94. The van der Waals surface area contributed by atoms with Crippen LogP contribution in [0.1, 0.15) is 33.1 Å². The Morgan fingerprint density at radius 3 is 2.69 bits per heavy atom. The van der Waals surface area contributed by atoms with Crippen molar-refractivity contribution in [1.29, 1.82) is 0 Å². The van der Waals surface area contributed by atoms with Crippen LogP contribution in [0.3, 0.4) is 0 Å². The molecule has 4 heteroatoms. The Hall–Kier alpha value is -0.613. The normalized spacial score (nSPS) is 10.6. The fraction of sp³-hybridized carbons (Fsp3) is 0.667. The van der Waals surface area contributed by atoms with E-state index in [0.717, 1.165) is 6.42 Å². The summed E-state index contributed by atoms with van der Waals surface area (Å²) in [7, 11) is -1.12. The molecule has 0 aliphatic carbocycles. The Kier molecular flexibility index (Phi) is 7.63. The van der Waals surface area contributed by atoms with Gasteiger partial charge in [0.05, 0.1) is 0 Å². The number of rotatable bonds is 7. The van der Waals surface area contributed by atoms with Crippen molar-refractivity contribution in [2.75, 3.05) is 6.61 Å². The van der Waals surface area contributed by atoms with Crippen molar-refractivity contribution >= 4 is 16.0 Å². The van der Waals surface area contributed by atoms with Gasteiger partial charge >= 0.3 is 16.0 Å². The minimum absolute atomic E-state index is 0.331. The highest BCUT2D eigenvalue weighted by atomic mass is 28.3. The van der Waals surface area contributed by atoms with Crippen molar-refractivity contribution in [2.24, 2.45) is 0 Å². The molecule has 0 unspecified atom stereocenters. The number of carbonyl (C=O) groups is 1. The van der Waals surface area contributed by atoms with Crippen LogP contribution in [0.2, 0.25) is 0 Å². The third-order valence-corrected chi connectivity index (χ3v) is 2.35. The number of hydrogen-bond acceptors (Lipinski definition) is 3. The lowest BCUT2D eigenvalue weighted by Gasteiger charge is -2.04. The molecule has 0 N–H and O–H groups in total. The summed E-state index contributed by atoms with van der Waals surface area (Å²) in [4.78, 5) is 10.9. The van der Waals surface area contributed by atoms with Gasteiger partial charge in [-0.3, -0.25) is 0 Å². The van der Waals surface area contributed by atoms with Crippen LogP contribution in [0.4, 0.5) is 0 Å². The average Bonchev–Trinajstić information content (AvgIpc) is 2.10. The molecule has 0 heterocycles. The van der Waals surface area contributed by atoms with Gasteiger partial charge in [0, 0.05) is 12.2 Å². The molecule has 0 aliphatic rings. The first-order chi connectivity index (χ1) is 6.18. The third-order valence-electron chi connectivity index (χ3n) is 1.51. The lowest BCUT2D eigenvalue weighted by Crippen LogP contribution is -2.12. The van der Waals surface area contributed by atoms with E-state index in [1.165, 1.54) is 12.8 Å². The SMILES string of the molecule is C=C(C)C(=O)O[SiH2]OCCCCC. The predicted octanol–water partition coefficient (Wildman–Crippen LogP) is 1.31. The molecule has 13 heavy (non-hydrogen) atoms. The summed E-state index contributed by atoms with van der Waals surface area (Å²) in [6, 6.07) is 0. The van der Waals surface area contributed by atoms with E-state index in [4.69, 9.17) is 8.85 Å². The second kappa shape index (κ2) is 8.01. The lowest BCUT2D eigenvalue weighted by molar-refractivity contribution is -0.131. The highest BCUT2D eigenvalue weighted by Gasteiger charge is 2.01. The minimum atomic E-state index is -1.12. The van der Waals surface area contributed by atoms with Gasteiger partial charge in [-0.25, -0.2) is 4.79 Å². The number of unbranched alkanes of at least 4 members (excludes halogenated alkanes) is 2. The third kappa shape index (κ3) is 7.74. The summed E-state index contributed by atoms with van der Waals surface area (Å²) >= 11 is 0. The molecule has 0 saturated carbocycles. The van der Waals surface area contributed by atoms with Crippen molar-refractivity contribution in [3.8, 4) is 0 Å². The van der Waals surface area contributed by atoms with Crippen LogP contribution in [-0.4, -0.2) is 22.6 Å². The van der Waals surface area contributed by atoms with Gasteiger partial charge in [0.2, 0.25) is 0 Å². The standard InChI is InChI=1S/C9H18O3Si/c1-4-5-6-7-11-13-12-9(10)8(2)3/h2,4-7,13H2,1,3H3. The molecule has 0 amide bonds. The Bertz CT molecular complexity index is 168. The van der Waals surface area contributed by atoms with E-state index in [9.17, 15) is 4.79 Å². The molecule has 0 aromatic heterocycles. The number of hydrogen-bond donors (Lipinski definition) is 0. The van der Waals surface area contributed by atoms with E-state index in [-0.39, 0.29) is 5.97 Å². The number of carbonyl (C=O) groups excluding carboxylic acids is 1. The summed E-state index contributed by atoms with van der Waals surface area (Å²) in [6.45, 7) is 7.96. The van der Waals surface area contributed by atoms with Gasteiger partial charge in [-0.05, 0) is 13.3 Å². The van der Waals surface area contributed by atoms with E-state index >= 15 is 0 Å². The maximum atomic E-state index is 10.9. The quantitative estimate of drug-likeness (QED) is 0.355. The summed E-state index contributed by atoms with van der Waals surface area (Å²) in [5.41, 5.74) is 0.435. The van der Waals surface area contributed by atoms with E-state index in [1.807, 2.05) is 0 Å². The topological polar surface area (TPSA) is 35.5 Å². The molecule has 0 bridgehead atoms. The van der Waals surface area contributed by atoms with Crippen LogP contribution in [0, 0.1) is 0 Å². The average molecular weight is 202 g/mol. The van der Waals surface area contributed by atoms with Crippen LogP contribution >= 0.6 is 0 Å². The molecule has 0 aliphatic heterocycles. The summed E-state index contributed by atoms with van der Waals surface area (Å²) in [6.07, 6.45) is 3.40. The minimum Gasteiger partial charge on any atom is -0.496 e. The second-order valence-corrected chi connectivity index (χ2v) is 3.88. The summed E-state index contributed by atoms with van der Waals surface area (Å²) in [5, 5.41) is 0. The molecule has 0 radical (unpaired) electrons. The largest absolute Gasteiger partial charge is 0.496 e. The molecular formula is C9H18O3Si. The Morgan fingerprint density at radius 2 is 2.15 bits per heavy atom. The fourth-order valence-electron chi connectivity index (χ4n) is 0.731. The summed E-state index contributed by atoms with van der Waals surface area (Å²) < 4.78 is 10.1. The Morgan fingerprint density at radius 1 is 1.46 bits per heavy atom. The zero-order valence-corrected chi connectivity index (χ0v) is 9.88. The molecule has 0 saturated heterocycles. The predicted molar refractivity (Wildman–Crippen MR) is 54.9 cm³/mol. The fourth-order valence-corrected chi connectivity index (χ4v) is 1.49. The van der Waals surface area contributed by atoms with Gasteiger partial charge in [0.25, 0.3) is 0 Å². The first kappa shape index (κ1) is 12.4. The van der Waals surface area contributed by atoms with Gasteiger partial charge in [0.15, 0.2) is 0 Å². The summed E-state index contributed by atoms with van der Waals surface area (Å²) in [5.74, 6) is -0.331. The maximum Gasteiger partial charge on any atom is 0.369 e. The van der Waals surface area contributed by atoms with Crippen LogP contribution in [0.15, 0.2) is 12.2 Å². The van der Waals surface area contributed by atoms with E-state index < -0.39 is 10.0 Å². The van der Waals surface area contributed by atoms with Crippen molar-refractivity contribution in [2.45, 2.75) is 33.1 Å². The highest BCUT2D eigenvalue weighted by molar-refractivity contribution is 6.23. The van der Waals surface area contributed by atoms with Gasteiger partial charge in [-0.2, -0.15) is 0 Å². The second-order valence-electron chi connectivity index (χ2n) is 2.95. The van der Waals surface area contributed by atoms with Gasteiger partial charge in [0.1, 0.15) is 0 Å². The van der Waals surface area contributed by atoms with Crippen molar-refractivity contribution in [1.82, 2.24) is 0 Å². The monoisotopic (exact) mass is 202 g/mol. The molecule has 76 valence electrons. The maximum absolute atomic E-state index is 10.9. The first-order valence-corrected chi connectivity index (χ1v) is 5.74. The van der Waals surface area contributed by atoms with Gasteiger partial charge in [-0.1, -0.05) is 26.3 Å². The van der Waals surface area contributed by atoms with Crippen LogP contribution in [0.25, 0.3) is 0 Å². The Labute approximate surface area is 82.2 Å². The zero-order valence-electron chi connectivity index (χ0n) is 8.47. The first-order valence-electron chi connectivity index (χ1n) is 4.58. The molecule has 0 spiro atoms. The zero-order chi connectivity index (χ0) is 10.1. The van der Waals surface area contributed by atoms with Crippen molar-refractivity contribution in [3.63, 3.8) is 0 Å². The molecule has 0 aromatic rings. The molecule has 0 fully saturated rings. The van der Waals surface area contributed by atoms with Gasteiger partial charge < -0.3 is 8.85 Å². The molecule has 0 rings (SSSR count). The van der Waals surface area contributed by atoms with E-state index in [2.05, 4.69) is 13.5 Å². The smallest absolute Gasteiger partial charge is 0.369 e. The van der Waals surface area contributed by atoms with Crippen molar-refractivity contribution < 1.29 is 13.6 Å². The molecular weight excluding hydrogens is 184 g/mol.